The second-order valence-corrected chi connectivity index (χ2v) is 5.29. The lowest BCUT2D eigenvalue weighted by atomic mass is 10.0. The van der Waals surface area contributed by atoms with Crippen molar-refractivity contribution in [2.24, 2.45) is 5.92 Å². The standard InChI is InChI=1S/C15H26ClN3/c1-5-12(6-2)10-19(7-3)11-14-13(16)8-9-15(17-4)18-14/h8-9,12H,5-7,10-11H2,1-4H3,(H,17,18). The zero-order chi connectivity index (χ0) is 14.3. The highest BCUT2D eigenvalue weighted by atomic mass is 35.5. The van der Waals surface area contributed by atoms with Gasteiger partial charge in [0.15, 0.2) is 0 Å². The van der Waals surface area contributed by atoms with Crippen molar-refractivity contribution in [3.63, 3.8) is 0 Å². The Morgan fingerprint density at radius 2 is 1.95 bits per heavy atom. The minimum atomic E-state index is 0.752. The highest BCUT2D eigenvalue weighted by molar-refractivity contribution is 6.31. The van der Waals surface area contributed by atoms with E-state index in [4.69, 9.17) is 11.6 Å². The first-order chi connectivity index (χ1) is 9.14. The Kier molecular flexibility index (Phi) is 7.17. The summed E-state index contributed by atoms with van der Waals surface area (Å²) in [7, 11) is 1.88. The molecule has 1 aromatic heterocycles. The van der Waals surface area contributed by atoms with Crippen molar-refractivity contribution in [1.29, 1.82) is 0 Å². The molecule has 0 amide bonds. The van der Waals surface area contributed by atoms with E-state index in [9.17, 15) is 0 Å². The van der Waals surface area contributed by atoms with Crippen LogP contribution in [0.2, 0.25) is 5.02 Å². The number of aromatic nitrogens is 1. The summed E-state index contributed by atoms with van der Waals surface area (Å²) in [6, 6.07) is 3.82. The van der Waals surface area contributed by atoms with Gasteiger partial charge in [0.25, 0.3) is 0 Å². The van der Waals surface area contributed by atoms with Crippen LogP contribution in [0, 0.1) is 5.92 Å². The van der Waals surface area contributed by atoms with Gasteiger partial charge in [0.2, 0.25) is 0 Å². The van der Waals surface area contributed by atoms with Crippen molar-refractivity contribution in [3.8, 4) is 0 Å². The molecule has 19 heavy (non-hydrogen) atoms. The zero-order valence-electron chi connectivity index (χ0n) is 12.5. The average Bonchev–Trinajstić information content (AvgIpc) is 2.45. The summed E-state index contributed by atoms with van der Waals surface area (Å²) in [5.74, 6) is 1.63. The molecule has 4 heteroatoms. The third-order valence-corrected chi connectivity index (χ3v) is 4.01. The van der Waals surface area contributed by atoms with Gasteiger partial charge < -0.3 is 5.32 Å². The molecule has 3 nitrogen and oxygen atoms in total. The smallest absolute Gasteiger partial charge is 0.126 e. The SMILES string of the molecule is CCC(CC)CN(CC)Cc1nc(NC)ccc1Cl. The molecule has 1 aromatic rings. The molecule has 0 aliphatic rings. The highest BCUT2D eigenvalue weighted by Crippen LogP contribution is 2.19. The van der Waals surface area contributed by atoms with Crippen LogP contribution in [0.25, 0.3) is 0 Å². The number of nitrogens with one attached hydrogen (secondary N) is 1. The maximum atomic E-state index is 6.24. The van der Waals surface area contributed by atoms with Crippen molar-refractivity contribution in [1.82, 2.24) is 9.88 Å². The molecule has 108 valence electrons. The minimum Gasteiger partial charge on any atom is -0.373 e. The number of halogens is 1. The van der Waals surface area contributed by atoms with E-state index in [0.29, 0.717) is 0 Å². The fourth-order valence-electron chi connectivity index (χ4n) is 2.16. The minimum absolute atomic E-state index is 0.752. The van der Waals surface area contributed by atoms with Gasteiger partial charge in [-0.15, -0.1) is 0 Å². The maximum absolute atomic E-state index is 6.24. The molecule has 1 heterocycles. The van der Waals surface area contributed by atoms with Gasteiger partial charge in [-0.25, -0.2) is 4.98 Å². The molecule has 0 saturated carbocycles. The van der Waals surface area contributed by atoms with Crippen molar-refractivity contribution >= 4 is 17.4 Å². The van der Waals surface area contributed by atoms with Gasteiger partial charge >= 0.3 is 0 Å². The average molecular weight is 284 g/mol. The number of pyridine rings is 1. The van der Waals surface area contributed by atoms with E-state index in [1.54, 1.807) is 0 Å². The van der Waals surface area contributed by atoms with E-state index in [0.717, 1.165) is 42.1 Å². The third-order valence-electron chi connectivity index (χ3n) is 3.67. The summed E-state index contributed by atoms with van der Waals surface area (Å²) >= 11 is 6.24. The summed E-state index contributed by atoms with van der Waals surface area (Å²) < 4.78 is 0. The van der Waals surface area contributed by atoms with E-state index in [2.05, 4.69) is 36.0 Å². The lowest BCUT2D eigenvalue weighted by molar-refractivity contribution is 0.224. The third kappa shape index (κ3) is 5.00. The number of nitrogens with zero attached hydrogens (tertiary/aromatic N) is 2. The first-order valence-electron chi connectivity index (χ1n) is 7.20. The fourth-order valence-corrected chi connectivity index (χ4v) is 2.33. The molecule has 0 saturated heterocycles. The second-order valence-electron chi connectivity index (χ2n) is 4.89. The summed E-state index contributed by atoms with van der Waals surface area (Å²) in [6.07, 6.45) is 2.45. The molecule has 1 rings (SSSR count). The van der Waals surface area contributed by atoms with Crippen LogP contribution >= 0.6 is 11.6 Å². The van der Waals surface area contributed by atoms with Gasteiger partial charge in [-0.05, 0) is 24.6 Å². The second kappa shape index (κ2) is 8.39. The van der Waals surface area contributed by atoms with Gasteiger partial charge in [0, 0.05) is 20.1 Å². The topological polar surface area (TPSA) is 28.2 Å². The molecule has 0 bridgehead atoms. The van der Waals surface area contributed by atoms with Crippen LogP contribution in [-0.2, 0) is 6.54 Å². The van der Waals surface area contributed by atoms with Crippen molar-refractivity contribution in [2.75, 3.05) is 25.5 Å². The molecule has 0 atom stereocenters. The maximum Gasteiger partial charge on any atom is 0.126 e. The number of hydrogen-bond acceptors (Lipinski definition) is 3. The predicted molar refractivity (Wildman–Crippen MR) is 83.8 cm³/mol. The Bertz CT molecular complexity index is 378. The van der Waals surface area contributed by atoms with Crippen molar-refractivity contribution in [3.05, 3.63) is 22.8 Å². The number of anilines is 1. The van der Waals surface area contributed by atoms with E-state index < -0.39 is 0 Å². The van der Waals surface area contributed by atoms with Crippen LogP contribution in [-0.4, -0.2) is 30.0 Å². The lowest BCUT2D eigenvalue weighted by Gasteiger charge is -2.25. The lowest BCUT2D eigenvalue weighted by Crippen LogP contribution is -2.29. The summed E-state index contributed by atoms with van der Waals surface area (Å²) in [6.45, 7) is 9.67. The molecular weight excluding hydrogens is 258 g/mol. The van der Waals surface area contributed by atoms with E-state index in [1.807, 2.05) is 19.2 Å². The van der Waals surface area contributed by atoms with Gasteiger partial charge in [0.05, 0.1) is 10.7 Å². The molecule has 0 aliphatic heterocycles. The van der Waals surface area contributed by atoms with E-state index in [1.165, 1.54) is 12.8 Å². The zero-order valence-corrected chi connectivity index (χ0v) is 13.3. The Labute approximate surface area is 122 Å². The Morgan fingerprint density at radius 1 is 1.26 bits per heavy atom. The Balaban J connectivity index is 2.74. The molecule has 0 spiro atoms. The van der Waals surface area contributed by atoms with Gasteiger partial charge in [0.1, 0.15) is 5.82 Å². The highest BCUT2D eigenvalue weighted by Gasteiger charge is 2.13. The van der Waals surface area contributed by atoms with Crippen LogP contribution in [0.4, 0.5) is 5.82 Å². The summed E-state index contributed by atoms with van der Waals surface area (Å²) in [4.78, 5) is 6.97. The molecular formula is C15H26ClN3. The normalized spacial score (nSPS) is 11.3. The summed E-state index contributed by atoms with van der Waals surface area (Å²) in [5.41, 5.74) is 0.960. The predicted octanol–water partition coefficient (Wildman–Crippen LogP) is 4.03. The van der Waals surface area contributed by atoms with Gasteiger partial charge in [-0.3, -0.25) is 4.90 Å². The van der Waals surface area contributed by atoms with Crippen LogP contribution in [0.3, 0.4) is 0 Å². The molecule has 0 unspecified atom stereocenters. The number of rotatable bonds is 8. The molecule has 1 N–H and O–H groups in total. The molecule has 0 fully saturated rings. The Morgan fingerprint density at radius 3 is 2.47 bits per heavy atom. The van der Waals surface area contributed by atoms with Crippen LogP contribution in [0.1, 0.15) is 39.3 Å². The number of hydrogen-bond donors (Lipinski definition) is 1. The fraction of sp³-hybridized carbons (Fsp3) is 0.667. The van der Waals surface area contributed by atoms with Crippen LogP contribution < -0.4 is 5.32 Å². The van der Waals surface area contributed by atoms with Gasteiger partial charge in [-0.2, -0.15) is 0 Å². The molecule has 0 aliphatic carbocycles. The summed E-state index contributed by atoms with van der Waals surface area (Å²) in [5, 5.41) is 3.81. The van der Waals surface area contributed by atoms with E-state index in [-0.39, 0.29) is 0 Å². The van der Waals surface area contributed by atoms with Crippen molar-refractivity contribution in [2.45, 2.75) is 40.2 Å². The van der Waals surface area contributed by atoms with Crippen LogP contribution in [0.15, 0.2) is 12.1 Å². The van der Waals surface area contributed by atoms with Crippen molar-refractivity contribution < 1.29 is 0 Å². The quantitative estimate of drug-likeness (QED) is 0.781. The molecule has 0 aromatic carbocycles. The van der Waals surface area contributed by atoms with Crippen LogP contribution in [0.5, 0.6) is 0 Å². The van der Waals surface area contributed by atoms with Gasteiger partial charge in [-0.1, -0.05) is 45.2 Å². The Hall–Kier alpha value is -0.800. The molecule has 0 radical (unpaired) electrons. The first-order valence-corrected chi connectivity index (χ1v) is 7.57. The largest absolute Gasteiger partial charge is 0.373 e. The van der Waals surface area contributed by atoms with E-state index >= 15 is 0 Å². The first kappa shape index (κ1) is 16.3. The monoisotopic (exact) mass is 283 g/mol.